The molecule has 66 valence electrons. The Hall–Kier alpha value is -0.240. The van der Waals surface area contributed by atoms with E-state index in [9.17, 15) is 0 Å². The van der Waals surface area contributed by atoms with Gasteiger partial charge in [0.2, 0.25) is 0 Å². The van der Waals surface area contributed by atoms with Crippen molar-refractivity contribution in [2.75, 3.05) is 6.61 Å². The topological polar surface area (TPSA) is 108 Å². The molecule has 1 rings (SSSR count). The Labute approximate surface area is 63.5 Å². The van der Waals surface area contributed by atoms with Gasteiger partial charge in [0.15, 0.2) is 0 Å². The molecule has 6 nitrogen and oxygen atoms in total. The number of hydroxylamine groups is 1. The van der Waals surface area contributed by atoms with Crippen LogP contribution in [0.25, 0.3) is 0 Å². The molecular weight excluding hydrogens is 152 g/mol. The van der Waals surface area contributed by atoms with Gasteiger partial charge in [-0.1, -0.05) is 0 Å². The lowest BCUT2D eigenvalue weighted by Gasteiger charge is -2.34. The first-order valence-corrected chi connectivity index (χ1v) is 3.30. The zero-order chi connectivity index (χ0) is 8.43. The lowest BCUT2D eigenvalue weighted by atomic mass is 10.1. The van der Waals surface area contributed by atoms with Crippen LogP contribution in [0.1, 0.15) is 0 Å². The van der Waals surface area contributed by atoms with Gasteiger partial charge in [0.1, 0.15) is 24.5 Å². The zero-order valence-corrected chi connectivity index (χ0v) is 5.84. The smallest absolute Gasteiger partial charge is 0.130 e. The van der Waals surface area contributed by atoms with Crippen LogP contribution in [-0.4, -0.2) is 46.4 Å². The average Bonchev–Trinajstić information content (AvgIpc) is 2.01. The van der Waals surface area contributed by atoms with Gasteiger partial charge in [-0.3, -0.25) is 4.84 Å². The highest BCUT2D eigenvalue weighted by molar-refractivity contribution is 4.84. The van der Waals surface area contributed by atoms with Crippen LogP contribution in [0.4, 0.5) is 0 Å². The highest BCUT2D eigenvalue weighted by Gasteiger charge is 2.36. The number of aliphatic hydroxyl groups excluding tert-OH is 3. The van der Waals surface area contributed by atoms with Gasteiger partial charge >= 0.3 is 0 Å². The number of aliphatic hydroxyl groups is 3. The number of rotatable bonds is 1. The maximum Gasteiger partial charge on any atom is 0.130 e. The summed E-state index contributed by atoms with van der Waals surface area (Å²) in [5.74, 6) is 0. The Balaban J connectivity index is 2.52. The Morgan fingerprint density at radius 2 is 2.00 bits per heavy atom. The number of hydrogen-bond donors (Lipinski definition) is 5. The van der Waals surface area contributed by atoms with Crippen molar-refractivity contribution in [3.05, 3.63) is 0 Å². The van der Waals surface area contributed by atoms with Gasteiger partial charge in [-0.15, -0.1) is 0 Å². The van der Waals surface area contributed by atoms with E-state index in [2.05, 4.69) is 10.3 Å². The molecule has 0 spiro atoms. The maximum atomic E-state index is 9.15. The fourth-order valence-corrected chi connectivity index (χ4v) is 0.883. The molecule has 1 aliphatic rings. The summed E-state index contributed by atoms with van der Waals surface area (Å²) >= 11 is 0. The monoisotopic (exact) mass is 164 g/mol. The highest BCUT2D eigenvalue weighted by atomic mass is 16.7. The summed E-state index contributed by atoms with van der Waals surface area (Å²) in [5.41, 5.74) is 7.53. The minimum absolute atomic E-state index is 0.363. The third-order valence-electron chi connectivity index (χ3n) is 1.63. The summed E-state index contributed by atoms with van der Waals surface area (Å²) < 4.78 is 0. The third-order valence-corrected chi connectivity index (χ3v) is 1.63. The van der Waals surface area contributed by atoms with Crippen molar-refractivity contribution in [3.63, 3.8) is 0 Å². The van der Waals surface area contributed by atoms with Gasteiger partial charge in [-0.05, 0) is 0 Å². The van der Waals surface area contributed by atoms with E-state index in [4.69, 9.17) is 21.1 Å². The summed E-state index contributed by atoms with van der Waals surface area (Å²) in [6.45, 7) is -0.363. The van der Waals surface area contributed by atoms with Crippen molar-refractivity contribution in [1.82, 2.24) is 5.48 Å². The minimum Gasteiger partial charge on any atom is -0.393 e. The van der Waals surface area contributed by atoms with E-state index in [0.29, 0.717) is 0 Å². The molecule has 4 unspecified atom stereocenters. The summed E-state index contributed by atoms with van der Waals surface area (Å²) in [5, 5.41) is 26.9. The van der Waals surface area contributed by atoms with Crippen LogP contribution in [0.3, 0.4) is 0 Å². The SMILES string of the molecule is NC1NOC(CO)C(O)C1O. The van der Waals surface area contributed by atoms with E-state index < -0.39 is 24.5 Å². The zero-order valence-electron chi connectivity index (χ0n) is 5.84. The predicted molar refractivity (Wildman–Crippen MR) is 35.1 cm³/mol. The van der Waals surface area contributed by atoms with Crippen LogP contribution in [0.2, 0.25) is 0 Å². The second-order valence-corrected chi connectivity index (χ2v) is 2.46. The highest BCUT2D eigenvalue weighted by Crippen LogP contribution is 2.09. The van der Waals surface area contributed by atoms with Crippen LogP contribution < -0.4 is 11.2 Å². The second-order valence-electron chi connectivity index (χ2n) is 2.46. The molecule has 0 aliphatic carbocycles. The fraction of sp³-hybridized carbons (Fsp3) is 1.00. The molecule has 0 aromatic heterocycles. The van der Waals surface area contributed by atoms with E-state index in [1.807, 2.05) is 0 Å². The van der Waals surface area contributed by atoms with E-state index in [1.165, 1.54) is 0 Å². The van der Waals surface area contributed by atoms with Gasteiger partial charge in [-0.25, -0.2) is 0 Å². The second kappa shape index (κ2) is 3.44. The molecule has 1 aliphatic heterocycles. The minimum atomic E-state index is -1.14. The largest absolute Gasteiger partial charge is 0.393 e. The van der Waals surface area contributed by atoms with E-state index >= 15 is 0 Å². The summed E-state index contributed by atoms with van der Waals surface area (Å²) in [6.07, 6.45) is -3.88. The van der Waals surface area contributed by atoms with Gasteiger partial charge in [0, 0.05) is 0 Å². The van der Waals surface area contributed by atoms with Gasteiger partial charge in [-0.2, -0.15) is 5.48 Å². The first-order chi connectivity index (χ1) is 5.16. The van der Waals surface area contributed by atoms with Crippen LogP contribution in [0, 0.1) is 0 Å². The molecule has 0 aromatic carbocycles. The molecule has 0 radical (unpaired) electrons. The number of hydrogen-bond acceptors (Lipinski definition) is 6. The molecular formula is C5H12N2O4. The molecule has 0 saturated carbocycles. The summed E-state index contributed by atoms with van der Waals surface area (Å²) in [4.78, 5) is 4.69. The van der Waals surface area contributed by atoms with E-state index in [0.717, 1.165) is 0 Å². The maximum absolute atomic E-state index is 9.15. The standard InChI is InChI=1S/C5H12N2O4/c6-5-4(10)3(9)2(1-8)11-7-5/h2-5,7-10H,1,6H2. The predicted octanol–water partition coefficient (Wildman–Crippen LogP) is -3.11. The van der Waals surface area contributed by atoms with Crippen molar-refractivity contribution in [3.8, 4) is 0 Å². The van der Waals surface area contributed by atoms with Crippen LogP contribution in [-0.2, 0) is 4.84 Å². The molecule has 11 heavy (non-hydrogen) atoms. The van der Waals surface area contributed by atoms with Crippen LogP contribution in [0.15, 0.2) is 0 Å². The molecule has 6 N–H and O–H groups in total. The van der Waals surface area contributed by atoms with Gasteiger partial charge in [0.05, 0.1) is 6.61 Å². The molecule has 0 aromatic rings. The number of nitrogens with one attached hydrogen (secondary N) is 1. The van der Waals surface area contributed by atoms with Crippen molar-refractivity contribution < 1.29 is 20.2 Å². The first kappa shape index (κ1) is 8.85. The molecule has 1 fully saturated rings. The molecule has 6 heteroatoms. The molecule has 4 atom stereocenters. The summed E-state index contributed by atoms with van der Waals surface area (Å²) in [6, 6.07) is 0. The van der Waals surface area contributed by atoms with Crippen molar-refractivity contribution in [2.45, 2.75) is 24.5 Å². The normalized spacial score (nSPS) is 45.8. The number of nitrogens with two attached hydrogens (primary N) is 1. The lowest BCUT2D eigenvalue weighted by Crippen LogP contribution is -2.62. The Kier molecular flexibility index (Phi) is 2.77. The summed E-state index contributed by atoms with van der Waals surface area (Å²) in [7, 11) is 0. The Bertz CT molecular complexity index is 132. The van der Waals surface area contributed by atoms with E-state index in [-0.39, 0.29) is 6.61 Å². The fourth-order valence-electron chi connectivity index (χ4n) is 0.883. The molecule has 0 amide bonds. The lowest BCUT2D eigenvalue weighted by molar-refractivity contribution is -0.201. The van der Waals surface area contributed by atoms with Gasteiger partial charge < -0.3 is 21.1 Å². The van der Waals surface area contributed by atoms with Crippen molar-refractivity contribution in [1.29, 1.82) is 0 Å². The van der Waals surface area contributed by atoms with Gasteiger partial charge in [0.25, 0.3) is 0 Å². The Morgan fingerprint density at radius 1 is 1.36 bits per heavy atom. The van der Waals surface area contributed by atoms with Crippen LogP contribution >= 0.6 is 0 Å². The quantitative estimate of drug-likeness (QED) is 0.281. The van der Waals surface area contributed by atoms with Crippen LogP contribution in [0.5, 0.6) is 0 Å². The third kappa shape index (κ3) is 1.67. The molecule has 1 heterocycles. The average molecular weight is 164 g/mol. The van der Waals surface area contributed by atoms with Crippen molar-refractivity contribution in [2.24, 2.45) is 5.73 Å². The van der Waals surface area contributed by atoms with Crippen molar-refractivity contribution >= 4 is 0 Å². The molecule has 0 bridgehead atoms. The Morgan fingerprint density at radius 3 is 2.55 bits per heavy atom. The molecule has 1 saturated heterocycles. The van der Waals surface area contributed by atoms with E-state index in [1.54, 1.807) is 0 Å². The first-order valence-electron chi connectivity index (χ1n) is 3.30.